The van der Waals surface area contributed by atoms with Gasteiger partial charge in [0.05, 0.1) is 37.2 Å². The maximum atomic E-state index is 13.9. The van der Waals surface area contributed by atoms with Crippen LogP contribution in [0.5, 0.6) is 0 Å². The van der Waals surface area contributed by atoms with Crippen LogP contribution < -0.4 is 5.48 Å². The number of quaternary nitrogens is 1. The zero-order chi connectivity index (χ0) is 18.8. The molecule has 4 unspecified atom stereocenters. The number of hydrogen-bond acceptors (Lipinski definition) is 5. The minimum Gasteiger partial charge on any atom is -0.630 e. The monoisotopic (exact) mass is 390 g/mol. The summed E-state index contributed by atoms with van der Waals surface area (Å²) < 4.78 is 4.86. The van der Waals surface area contributed by atoms with Crippen LogP contribution in [0.1, 0.15) is 31.7 Å². The lowest BCUT2D eigenvalue weighted by Crippen LogP contribution is -2.62. The van der Waals surface area contributed by atoms with Gasteiger partial charge in [-0.05, 0) is 31.4 Å². The van der Waals surface area contributed by atoms with Gasteiger partial charge in [-0.1, -0.05) is 23.7 Å². The van der Waals surface area contributed by atoms with Crippen molar-refractivity contribution in [3.63, 3.8) is 0 Å². The molecule has 6 nitrogen and oxygen atoms in total. The number of ether oxygens (including phenoxy) is 1. The first-order valence-corrected chi connectivity index (χ1v) is 10.1. The average molecular weight is 391 g/mol. The van der Waals surface area contributed by atoms with Crippen LogP contribution in [-0.4, -0.2) is 36.0 Å². The largest absolute Gasteiger partial charge is 0.630 e. The molecule has 0 amide bonds. The van der Waals surface area contributed by atoms with E-state index in [1.165, 1.54) is 0 Å². The SMILES string of the molecule is CCOC(=O)C1C2CC3=C(c4ccc(Cl)cc4)NOC3([N+]3([O-])CCCC3)C21. The third-order valence-corrected chi connectivity index (χ3v) is 6.94. The fraction of sp³-hybridized carbons (Fsp3) is 0.550. The first-order chi connectivity index (χ1) is 13.0. The van der Waals surface area contributed by atoms with Crippen LogP contribution in [0.2, 0.25) is 5.02 Å². The molecule has 7 heteroatoms. The van der Waals surface area contributed by atoms with Crippen LogP contribution >= 0.6 is 11.6 Å². The first-order valence-electron chi connectivity index (χ1n) is 9.70. The van der Waals surface area contributed by atoms with E-state index in [0.29, 0.717) is 31.1 Å². The van der Waals surface area contributed by atoms with E-state index in [4.69, 9.17) is 21.2 Å². The summed E-state index contributed by atoms with van der Waals surface area (Å²) in [4.78, 5) is 18.6. The minimum absolute atomic E-state index is 0.112. The highest BCUT2D eigenvalue weighted by Crippen LogP contribution is 2.70. The number of carbonyl (C=O) groups is 1. The number of benzene rings is 1. The summed E-state index contributed by atoms with van der Waals surface area (Å²) in [5.41, 5.74) is 4.88. The molecular formula is C20H23ClN2O4. The van der Waals surface area contributed by atoms with E-state index < -0.39 is 10.4 Å². The van der Waals surface area contributed by atoms with Gasteiger partial charge in [-0.25, -0.2) is 4.84 Å². The standard InChI is InChI=1S/C20H23ClN2O4/c1-2-26-19(24)16-14-11-15-18(12-5-7-13(21)8-6-12)22-27-20(15,17(14)16)23(25)9-3-4-10-23/h5-8,14,16-17,22H,2-4,9-11H2,1H3. The Morgan fingerprint density at radius 3 is 2.74 bits per heavy atom. The zero-order valence-corrected chi connectivity index (χ0v) is 16.0. The molecule has 2 heterocycles. The molecule has 2 saturated carbocycles. The molecule has 1 aromatic carbocycles. The lowest BCUT2D eigenvalue weighted by Gasteiger charge is -2.51. The Kier molecular flexibility index (Phi) is 3.85. The van der Waals surface area contributed by atoms with Gasteiger partial charge in [0.15, 0.2) is 0 Å². The number of fused-ring (bicyclic) bond motifs is 3. The van der Waals surface area contributed by atoms with Crippen molar-refractivity contribution in [3.8, 4) is 0 Å². The number of likely N-dealkylation sites (tertiary alicyclic amines) is 1. The second-order valence-electron chi connectivity index (χ2n) is 7.98. The van der Waals surface area contributed by atoms with Gasteiger partial charge in [0.1, 0.15) is 0 Å². The third-order valence-electron chi connectivity index (χ3n) is 6.69. The summed E-state index contributed by atoms with van der Waals surface area (Å²) in [6.45, 7) is 3.22. The Bertz CT molecular complexity index is 818. The fourth-order valence-electron chi connectivity index (χ4n) is 5.53. The molecule has 1 aromatic rings. The van der Waals surface area contributed by atoms with Crippen LogP contribution in [0.3, 0.4) is 0 Å². The Morgan fingerprint density at radius 2 is 2.07 bits per heavy atom. The predicted octanol–water partition coefficient (Wildman–Crippen LogP) is 3.22. The summed E-state index contributed by atoms with van der Waals surface area (Å²) in [6.07, 6.45) is 2.47. The van der Waals surface area contributed by atoms with Crippen LogP contribution in [0, 0.1) is 23.0 Å². The van der Waals surface area contributed by atoms with Crippen molar-refractivity contribution in [2.45, 2.75) is 31.9 Å². The highest BCUT2D eigenvalue weighted by Gasteiger charge is 2.80. The maximum Gasteiger partial charge on any atom is 0.309 e. The van der Waals surface area contributed by atoms with Gasteiger partial charge >= 0.3 is 5.97 Å². The summed E-state index contributed by atoms with van der Waals surface area (Å²) >= 11 is 6.02. The lowest BCUT2D eigenvalue weighted by atomic mass is 9.92. The van der Waals surface area contributed by atoms with E-state index in [1.54, 1.807) is 0 Å². The minimum atomic E-state index is -1.01. The molecule has 3 fully saturated rings. The number of halogens is 1. The molecule has 0 bridgehead atoms. The Labute approximate surface area is 163 Å². The van der Waals surface area contributed by atoms with E-state index in [0.717, 1.165) is 29.7 Å². The number of nitrogens with one attached hydrogen (secondary N) is 1. The topological polar surface area (TPSA) is 70.6 Å². The lowest BCUT2D eigenvalue weighted by molar-refractivity contribution is -0.944. The summed E-state index contributed by atoms with van der Waals surface area (Å²) in [6, 6.07) is 7.53. The van der Waals surface area contributed by atoms with E-state index in [-0.39, 0.29) is 23.7 Å². The number of hydrogen-bond donors (Lipinski definition) is 1. The van der Waals surface area contributed by atoms with E-state index in [2.05, 4.69) is 5.48 Å². The molecule has 5 rings (SSSR count). The van der Waals surface area contributed by atoms with E-state index in [9.17, 15) is 10.0 Å². The van der Waals surface area contributed by atoms with Crippen molar-refractivity contribution in [1.29, 1.82) is 0 Å². The van der Waals surface area contributed by atoms with Gasteiger partial charge in [-0.2, -0.15) is 0 Å². The second kappa shape index (κ2) is 5.95. The van der Waals surface area contributed by atoms with Gasteiger partial charge in [0, 0.05) is 29.0 Å². The molecule has 2 aliphatic carbocycles. The van der Waals surface area contributed by atoms with Gasteiger partial charge in [0.2, 0.25) is 0 Å². The number of hydroxylamine groups is 4. The van der Waals surface area contributed by atoms with Crippen molar-refractivity contribution in [2.24, 2.45) is 17.8 Å². The maximum absolute atomic E-state index is 13.9. The number of nitrogens with zero attached hydrogens (tertiary/aromatic N) is 1. The smallest absolute Gasteiger partial charge is 0.309 e. The van der Waals surface area contributed by atoms with Gasteiger partial charge in [-0.15, -0.1) is 0 Å². The van der Waals surface area contributed by atoms with E-state index in [1.807, 2.05) is 31.2 Å². The second-order valence-corrected chi connectivity index (χ2v) is 8.41. The number of esters is 1. The molecule has 0 aromatic heterocycles. The highest BCUT2D eigenvalue weighted by atomic mass is 35.5. The highest BCUT2D eigenvalue weighted by molar-refractivity contribution is 6.30. The van der Waals surface area contributed by atoms with E-state index >= 15 is 0 Å². The molecule has 2 aliphatic heterocycles. The first kappa shape index (κ1) is 17.5. The summed E-state index contributed by atoms with van der Waals surface area (Å²) in [5.74, 6) is -0.405. The molecule has 27 heavy (non-hydrogen) atoms. The third kappa shape index (κ3) is 2.27. The summed E-state index contributed by atoms with van der Waals surface area (Å²) in [7, 11) is 0. The van der Waals surface area contributed by atoms with Gasteiger partial charge in [-0.3, -0.25) is 10.3 Å². The molecular weight excluding hydrogens is 368 g/mol. The number of rotatable bonds is 4. The molecule has 144 valence electrons. The Hall–Kier alpha value is -1.60. The van der Waals surface area contributed by atoms with Gasteiger partial charge < -0.3 is 14.6 Å². The van der Waals surface area contributed by atoms with Crippen molar-refractivity contribution in [1.82, 2.24) is 5.48 Å². The predicted molar refractivity (Wildman–Crippen MR) is 99.6 cm³/mol. The molecule has 0 spiro atoms. The Morgan fingerprint density at radius 1 is 1.37 bits per heavy atom. The normalized spacial score (nSPS) is 35.6. The number of carbonyl (C=O) groups excluding carboxylic acids is 1. The quantitative estimate of drug-likeness (QED) is 0.485. The average Bonchev–Trinajstić information content (AvgIpc) is 2.97. The van der Waals surface area contributed by atoms with Crippen LogP contribution in [-0.2, 0) is 14.4 Å². The molecule has 4 atom stereocenters. The van der Waals surface area contributed by atoms with Crippen LogP contribution in [0.4, 0.5) is 0 Å². The molecule has 0 radical (unpaired) electrons. The van der Waals surface area contributed by atoms with Gasteiger partial charge in [0.25, 0.3) is 5.72 Å². The zero-order valence-electron chi connectivity index (χ0n) is 15.2. The van der Waals surface area contributed by atoms with Crippen molar-refractivity contribution < 1.29 is 19.0 Å². The molecule has 1 saturated heterocycles. The van der Waals surface area contributed by atoms with Crippen molar-refractivity contribution >= 4 is 23.3 Å². The fourth-order valence-corrected chi connectivity index (χ4v) is 5.66. The Balaban J connectivity index is 1.58. The van der Waals surface area contributed by atoms with Crippen LogP contribution in [0.25, 0.3) is 5.70 Å². The molecule has 1 N–H and O–H groups in total. The summed E-state index contributed by atoms with van der Waals surface area (Å²) in [5, 5.41) is 14.5. The molecule has 4 aliphatic rings. The van der Waals surface area contributed by atoms with Crippen LogP contribution in [0.15, 0.2) is 29.8 Å². The van der Waals surface area contributed by atoms with Crippen molar-refractivity contribution in [3.05, 3.63) is 45.6 Å². The van der Waals surface area contributed by atoms with Crippen molar-refractivity contribution in [2.75, 3.05) is 19.7 Å².